The molecule has 0 aliphatic heterocycles. The van der Waals surface area contributed by atoms with E-state index in [2.05, 4.69) is 15.5 Å². The summed E-state index contributed by atoms with van der Waals surface area (Å²) in [4.78, 5) is 24.5. The average Bonchev–Trinajstić information content (AvgIpc) is 3.11. The summed E-state index contributed by atoms with van der Waals surface area (Å²) in [5.41, 5.74) is 2.52. The van der Waals surface area contributed by atoms with Gasteiger partial charge in [-0.2, -0.15) is 0 Å². The van der Waals surface area contributed by atoms with Crippen LogP contribution in [0, 0.1) is 13.8 Å². The topological polar surface area (TPSA) is 98.2 Å². The van der Waals surface area contributed by atoms with Crippen LogP contribution in [0.5, 0.6) is 0 Å². The molecule has 1 amide bonds. The van der Waals surface area contributed by atoms with Crippen LogP contribution in [0.3, 0.4) is 0 Å². The molecule has 7 nitrogen and oxygen atoms in total. The number of carbonyl (C=O) groups is 1. The Hall–Kier alpha value is -3.74. The van der Waals surface area contributed by atoms with Crippen molar-refractivity contribution in [2.45, 2.75) is 13.8 Å². The lowest BCUT2D eigenvalue weighted by molar-refractivity contribution is 0.102. The maximum atomic E-state index is 12.4. The Morgan fingerprint density at radius 3 is 2.59 bits per heavy atom. The third kappa shape index (κ3) is 3.22. The van der Waals surface area contributed by atoms with Gasteiger partial charge in [0.15, 0.2) is 0 Å². The number of anilines is 1. The smallest absolute Gasteiger partial charge is 0.349 e. The molecule has 0 aliphatic rings. The van der Waals surface area contributed by atoms with Crippen LogP contribution in [0.2, 0.25) is 0 Å². The van der Waals surface area contributed by atoms with Crippen molar-refractivity contribution >= 4 is 22.9 Å². The summed E-state index contributed by atoms with van der Waals surface area (Å²) in [6, 6.07) is 14.1. The summed E-state index contributed by atoms with van der Waals surface area (Å²) < 4.78 is 10.7. The van der Waals surface area contributed by atoms with Crippen molar-refractivity contribution in [2.24, 2.45) is 0 Å². The van der Waals surface area contributed by atoms with Gasteiger partial charge in [0.05, 0.1) is 0 Å². The number of benzene rings is 2. The number of carbonyl (C=O) groups excluding carboxylic acids is 1. The lowest BCUT2D eigenvalue weighted by atomic mass is 10.1. The Labute approximate surface area is 153 Å². The molecule has 0 unspecified atom stereocenters. The second-order valence-electron chi connectivity index (χ2n) is 6.15. The molecule has 4 aromatic rings. The molecule has 0 saturated heterocycles. The van der Waals surface area contributed by atoms with Gasteiger partial charge in [0.25, 0.3) is 5.91 Å². The van der Waals surface area contributed by atoms with E-state index in [1.54, 1.807) is 24.3 Å². The van der Waals surface area contributed by atoms with Crippen molar-refractivity contribution in [1.29, 1.82) is 0 Å². The van der Waals surface area contributed by atoms with Crippen LogP contribution in [0.1, 0.15) is 21.5 Å². The number of rotatable bonds is 3. The normalized spacial score (nSPS) is 10.9. The monoisotopic (exact) mass is 361 g/mol. The molecule has 0 saturated carbocycles. The first kappa shape index (κ1) is 16.7. The number of fused-ring (bicyclic) bond motifs is 1. The van der Waals surface area contributed by atoms with Crippen LogP contribution >= 0.6 is 0 Å². The summed E-state index contributed by atoms with van der Waals surface area (Å²) in [5, 5.41) is 10.8. The number of amides is 1. The standard InChI is InChI=1S/C20H15N3O4/c1-11-7-8-14(9-12(11)2)18-22-23-20(27-18)21-17(24)15-10-13-5-3-4-6-16(13)26-19(15)25/h3-10H,1-2H3,(H,21,23,24). The molecule has 2 aromatic carbocycles. The van der Waals surface area contributed by atoms with Gasteiger partial charge in [0.2, 0.25) is 5.89 Å². The lowest BCUT2D eigenvalue weighted by Gasteiger charge is -2.02. The van der Waals surface area contributed by atoms with Gasteiger partial charge >= 0.3 is 11.6 Å². The number of para-hydroxylation sites is 1. The van der Waals surface area contributed by atoms with Crippen molar-refractivity contribution in [3.05, 3.63) is 75.6 Å². The summed E-state index contributed by atoms with van der Waals surface area (Å²) in [7, 11) is 0. The molecule has 0 atom stereocenters. The van der Waals surface area contributed by atoms with E-state index in [1.807, 2.05) is 32.0 Å². The minimum absolute atomic E-state index is 0.0965. The van der Waals surface area contributed by atoms with Crippen LogP contribution in [0.4, 0.5) is 6.01 Å². The van der Waals surface area contributed by atoms with Crippen molar-refractivity contribution in [1.82, 2.24) is 10.2 Å². The van der Waals surface area contributed by atoms with Crippen molar-refractivity contribution in [3.8, 4) is 11.5 Å². The number of nitrogens with zero attached hydrogens (tertiary/aromatic N) is 2. The predicted molar refractivity (Wildman–Crippen MR) is 99.6 cm³/mol. The number of hydrogen-bond acceptors (Lipinski definition) is 6. The highest BCUT2D eigenvalue weighted by Crippen LogP contribution is 2.22. The van der Waals surface area contributed by atoms with Crippen LogP contribution in [0.25, 0.3) is 22.4 Å². The SMILES string of the molecule is Cc1ccc(-c2nnc(NC(=O)c3cc4ccccc4oc3=O)o2)cc1C. The Bertz CT molecular complexity index is 1220. The summed E-state index contributed by atoms with van der Waals surface area (Å²) >= 11 is 0. The molecule has 0 radical (unpaired) electrons. The lowest BCUT2D eigenvalue weighted by Crippen LogP contribution is -2.20. The summed E-state index contributed by atoms with van der Waals surface area (Å²) in [6.45, 7) is 3.99. The molecule has 27 heavy (non-hydrogen) atoms. The zero-order valence-electron chi connectivity index (χ0n) is 14.6. The Kier molecular flexibility index (Phi) is 4.04. The minimum atomic E-state index is -0.736. The first-order chi connectivity index (χ1) is 13.0. The second-order valence-corrected chi connectivity index (χ2v) is 6.15. The van der Waals surface area contributed by atoms with Gasteiger partial charge in [-0.15, -0.1) is 5.10 Å². The summed E-state index contributed by atoms with van der Waals surface area (Å²) in [5.74, 6) is -0.399. The van der Waals surface area contributed by atoms with Gasteiger partial charge in [-0.1, -0.05) is 29.4 Å². The van der Waals surface area contributed by atoms with E-state index in [0.717, 1.165) is 16.7 Å². The molecule has 0 bridgehead atoms. The van der Waals surface area contributed by atoms with Gasteiger partial charge in [-0.05, 0) is 49.2 Å². The highest BCUT2D eigenvalue weighted by molar-refractivity contribution is 6.04. The van der Waals surface area contributed by atoms with Crippen LogP contribution in [0.15, 0.2) is 62.2 Å². The van der Waals surface area contributed by atoms with Crippen LogP contribution in [-0.4, -0.2) is 16.1 Å². The second kappa shape index (κ2) is 6.53. The first-order valence-corrected chi connectivity index (χ1v) is 8.26. The molecule has 0 fully saturated rings. The number of nitrogens with one attached hydrogen (secondary N) is 1. The fourth-order valence-corrected chi connectivity index (χ4v) is 2.65. The van der Waals surface area contributed by atoms with Crippen molar-refractivity contribution < 1.29 is 13.6 Å². The quantitative estimate of drug-likeness (QED) is 0.559. The Balaban J connectivity index is 1.60. The van der Waals surface area contributed by atoms with Crippen molar-refractivity contribution in [3.63, 3.8) is 0 Å². The molecule has 0 spiro atoms. The summed E-state index contributed by atoms with van der Waals surface area (Å²) in [6.07, 6.45) is 0. The number of aryl methyl sites for hydroxylation is 2. The molecule has 2 heterocycles. The predicted octanol–water partition coefficient (Wildman–Crippen LogP) is 3.71. The van der Waals surface area contributed by atoms with E-state index < -0.39 is 11.5 Å². The largest absolute Gasteiger partial charge is 0.422 e. The van der Waals surface area contributed by atoms with Crippen molar-refractivity contribution in [2.75, 3.05) is 5.32 Å². The fraction of sp³-hybridized carbons (Fsp3) is 0.100. The van der Waals surface area contributed by atoms with E-state index in [1.165, 1.54) is 6.07 Å². The Morgan fingerprint density at radius 1 is 0.963 bits per heavy atom. The number of hydrogen-bond donors (Lipinski definition) is 1. The first-order valence-electron chi connectivity index (χ1n) is 8.26. The Morgan fingerprint density at radius 2 is 1.78 bits per heavy atom. The minimum Gasteiger partial charge on any atom is -0.422 e. The van der Waals surface area contributed by atoms with Gasteiger partial charge < -0.3 is 8.83 Å². The van der Waals surface area contributed by atoms with Crippen LogP contribution < -0.4 is 10.9 Å². The molecular formula is C20H15N3O4. The zero-order chi connectivity index (χ0) is 19.0. The molecule has 2 aromatic heterocycles. The zero-order valence-corrected chi connectivity index (χ0v) is 14.6. The molecule has 134 valence electrons. The fourth-order valence-electron chi connectivity index (χ4n) is 2.65. The van der Waals surface area contributed by atoms with E-state index in [9.17, 15) is 9.59 Å². The van der Waals surface area contributed by atoms with E-state index in [-0.39, 0.29) is 17.5 Å². The van der Waals surface area contributed by atoms with E-state index in [0.29, 0.717) is 11.0 Å². The van der Waals surface area contributed by atoms with E-state index >= 15 is 0 Å². The van der Waals surface area contributed by atoms with Gasteiger partial charge in [-0.3, -0.25) is 10.1 Å². The molecular weight excluding hydrogens is 346 g/mol. The van der Waals surface area contributed by atoms with Gasteiger partial charge in [0, 0.05) is 10.9 Å². The maximum Gasteiger partial charge on any atom is 0.349 e. The highest BCUT2D eigenvalue weighted by atomic mass is 16.4. The third-order valence-electron chi connectivity index (χ3n) is 4.29. The average molecular weight is 361 g/mol. The molecule has 7 heteroatoms. The maximum absolute atomic E-state index is 12.4. The number of aromatic nitrogens is 2. The van der Waals surface area contributed by atoms with Gasteiger partial charge in [0.1, 0.15) is 11.1 Å². The highest BCUT2D eigenvalue weighted by Gasteiger charge is 2.17. The van der Waals surface area contributed by atoms with Gasteiger partial charge in [-0.25, -0.2) is 4.79 Å². The van der Waals surface area contributed by atoms with Crippen LogP contribution in [-0.2, 0) is 0 Å². The van der Waals surface area contributed by atoms with E-state index in [4.69, 9.17) is 8.83 Å². The molecule has 1 N–H and O–H groups in total. The third-order valence-corrected chi connectivity index (χ3v) is 4.29. The molecule has 4 rings (SSSR count). The molecule has 0 aliphatic carbocycles.